The molecule has 0 radical (unpaired) electrons. The van der Waals surface area contributed by atoms with Crippen molar-refractivity contribution in [2.75, 3.05) is 0 Å². The fourth-order valence-corrected chi connectivity index (χ4v) is 1.87. The number of aryl methyl sites for hydroxylation is 1. The Kier molecular flexibility index (Phi) is 1.98. The van der Waals surface area contributed by atoms with Crippen LogP contribution >= 0.6 is 0 Å². The van der Waals surface area contributed by atoms with Crippen molar-refractivity contribution < 1.29 is 0 Å². The van der Waals surface area contributed by atoms with Crippen LogP contribution in [0, 0.1) is 12.8 Å². The van der Waals surface area contributed by atoms with Gasteiger partial charge in [-0.25, -0.2) is 0 Å². The summed E-state index contributed by atoms with van der Waals surface area (Å²) >= 11 is 0. The number of hydrogen-bond donors (Lipinski definition) is 1. The lowest BCUT2D eigenvalue weighted by Crippen LogP contribution is -2.11. The summed E-state index contributed by atoms with van der Waals surface area (Å²) in [5, 5.41) is 0. The topological polar surface area (TPSA) is 32.9 Å². The quantitative estimate of drug-likeness (QED) is 0.738. The van der Waals surface area contributed by atoms with Gasteiger partial charge < -0.3 is 4.98 Å². The number of pyridine rings is 1. The predicted octanol–water partition coefficient (Wildman–Crippen LogP) is 2.20. The molecule has 70 valence electrons. The van der Waals surface area contributed by atoms with E-state index in [4.69, 9.17) is 0 Å². The molecule has 1 aliphatic carbocycles. The average molecular weight is 177 g/mol. The molecular formula is C11H15NO. The lowest BCUT2D eigenvalue weighted by Gasteiger charge is -2.12. The first-order valence-electron chi connectivity index (χ1n) is 4.88. The second-order valence-corrected chi connectivity index (χ2v) is 4.05. The molecule has 2 rings (SSSR count). The average Bonchev–Trinajstić information content (AvgIpc) is 2.91. The van der Waals surface area contributed by atoms with E-state index in [1.165, 1.54) is 18.4 Å². The lowest BCUT2D eigenvalue weighted by molar-refractivity contribution is 0.637. The standard InChI is InChI=1S/C11H15NO/c1-7-3-6-10(13)12-11(7)8(2)9-4-5-9/h3,6,8-9H,4-5H2,1-2H3,(H,12,13). The molecule has 0 amide bonds. The molecule has 1 N–H and O–H groups in total. The molecule has 1 heterocycles. The highest BCUT2D eigenvalue weighted by molar-refractivity contribution is 5.22. The number of aromatic nitrogens is 1. The minimum Gasteiger partial charge on any atom is -0.326 e. The van der Waals surface area contributed by atoms with E-state index in [0.29, 0.717) is 5.92 Å². The van der Waals surface area contributed by atoms with Crippen molar-refractivity contribution in [3.63, 3.8) is 0 Å². The fraction of sp³-hybridized carbons (Fsp3) is 0.545. The van der Waals surface area contributed by atoms with Crippen LogP contribution in [0.1, 0.15) is 36.9 Å². The van der Waals surface area contributed by atoms with Crippen molar-refractivity contribution in [3.8, 4) is 0 Å². The van der Waals surface area contributed by atoms with E-state index in [2.05, 4.69) is 18.8 Å². The molecule has 1 aliphatic rings. The summed E-state index contributed by atoms with van der Waals surface area (Å²) in [5.74, 6) is 1.32. The third kappa shape index (κ3) is 1.67. The number of H-pyrrole nitrogens is 1. The number of nitrogens with one attached hydrogen (secondary N) is 1. The highest BCUT2D eigenvalue weighted by Gasteiger charge is 2.30. The minimum absolute atomic E-state index is 0.0214. The van der Waals surface area contributed by atoms with Crippen molar-refractivity contribution in [2.24, 2.45) is 5.92 Å². The maximum Gasteiger partial charge on any atom is 0.248 e. The molecule has 0 bridgehead atoms. The Labute approximate surface area is 78.0 Å². The van der Waals surface area contributed by atoms with Crippen LogP contribution in [0.3, 0.4) is 0 Å². The first-order valence-corrected chi connectivity index (χ1v) is 4.88. The first kappa shape index (κ1) is 8.54. The Hall–Kier alpha value is -1.05. The number of hydrogen-bond acceptors (Lipinski definition) is 1. The van der Waals surface area contributed by atoms with Crippen molar-refractivity contribution in [1.29, 1.82) is 0 Å². The number of rotatable bonds is 2. The summed E-state index contributed by atoms with van der Waals surface area (Å²) in [6.07, 6.45) is 2.63. The van der Waals surface area contributed by atoms with Crippen LogP contribution in [0.2, 0.25) is 0 Å². The second-order valence-electron chi connectivity index (χ2n) is 4.05. The molecule has 1 aromatic heterocycles. The van der Waals surface area contributed by atoms with Gasteiger partial charge in [0, 0.05) is 11.8 Å². The molecule has 0 saturated heterocycles. The van der Waals surface area contributed by atoms with Crippen LogP contribution in [-0.4, -0.2) is 4.98 Å². The highest BCUT2D eigenvalue weighted by atomic mass is 16.1. The molecule has 1 aromatic rings. The van der Waals surface area contributed by atoms with E-state index >= 15 is 0 Å². The Bertz CT molecular complexity index is 363. The van der Waals surface area contributed by atoms with Gasteiger partial charge in [0.25, 0.3) is 0 Å². The zero-order chi connectivity index (χ0) is 9.42. The van der Waals surface area contributed by atoms with Gasteiger partial charge in [0.05, 0.1) is 0 Å². The van der Waals surface area contributed by atoms with Crippen LogP contribution in [-0.2, 0) is 0 Å². The van der Waals surface area contributed by atoms with Crippen molar-refractivity contribution >= 4 is 0 Å². The monoisotopic (exact) mass is 177 g/mol. The smallest absolute Gasteiger partial charge is 0.248 e. The Balaban J connectivity index is 2.36. The molecule has 1 fully saturated rings. The Morgan fingerprint density at radius 3 is 2.77 bits per heavy atom. The molecule has 1 atom stereocenters. The fourth-order valence-electron chi connectivity index (χ4n) is 1.87. The van der Waals surface area contributed by atoms with Gasteiger partial charge in [-0.15, -0.1) is 0 Å². The van der Waals surface area contributed by atoms with E-state index in [1.54, 1.807) is 6.07 Å². The van der Waals surface area contributed by atoms with Crippen molar-refractivity contribution in [1.82, 2.24) is 4.98 Å². The summed E-state index contributed by atoms with van der Waals surface area (Å²) in [7, 11) is 0. The maximum absolute atomic E-state index is 11.1. The summed E-state index contributed by atoms with van der Waals surface area (Å²) in [6.45, 7) is 4.26. The summed E-state index contributed by atoms with van der Waals surface area (Å²) < 4.78 is 0. The third-order valence-corrected chi connectivity index (χ3v) is 2.95. The predicted molar refractivity (Wildman–Crippen MR) is 52.9 cm³/mol. The van der Waals surface area contributed by atoms with Gasteiger partial charge in [0.2, 0.25) is 5.56 Å². The van der Waals surface area contributed by atoms with E-state index in [9.17, 15) is 4.79 Å². The van der Waals surface area contributed by atoms with E-state index < -0.39 is 0 Å². The van der Waals surface area contributed by atoms with Gasteiger partial charge in [-0.1, -0.05) is 13.0 Å². The Morgan fingerprint density at radius 1 is 1.46 bits per heavy atom. The normalized spacial score (nSPS) is 18.6. The van der Waals surface area contributed by atoms with E-state index in [-0.39, 0.29) is 5.56 Å². The SMILES string of the molecule is Cc1ccc(=O)[nH]c1C(C)C1CC1. The molecule has 1 saturated carbocycles. The molecule has 2 nitrogen and oxygen atoms in total. The Morgan fingerprint density at radius 2 is 2.15 bits per heavy atom. The van der Waals surface area contributed by atoms with Crippen molar-refractivity contribution in [3.05, 3.63) is 33.7 Å². The van der Waals surface area contributed by atoms with Crippen LogP contribution in [0.5, 0.6) is 0 Å². The summed E-state index contributed by atoms with van der Waals surface area (Å²) in [4.78, 5) is 14.1. The van der Waals surface area contributed by atoms with Gasteiger partial charge >= 0.3 is 0 Å². The first-order chi connectivity index (χ1) is 6.18. The van der Waals surface area contributed by atoms with E-state index in [1.807, 2.05) is 6.07 Å². The largest absolute Gasteiger partial charge is 0.326 e. The molecule has 0 aliphatic heterocycles. The van der Waals surface area contributed by atoms with Gasteiger partial charge in [-0.2, -0.15) is 0 Å². The minimum atomic E-state index is 0.0214. The second kappa shape index (κ2) is 3.02. The summed E-state index contributed by atoms with van der Waals surface area (Å²) in [6, 6.07) is 3.51. The van der Waals surface area contributed by atoms with Gasteiger partial charge in [-0.3, -0.25) is 4.79 Å². The molecule has 2 heteroatoms. The lowest BCUT2D eigenvalue weighted by atomic mass is 9.98. The van der Waals surface area contributed by atoms with Gasteiger partial charge in [0.1, 0.15) is 0 Å². The van der Waals surface area contributed by atoms with Crippen LogP contribution in [0.15, 0.2) is 16.9 Å². The number of aromatic amines is 1. The maximum atomic E-state index is 11.1. The van der Waals surface area contributed by atoms with E-state index in [0.717, 1.165) is 11.6 Å². The molecule has 1 unspecified atom stereocenters. The summed E-state index contributed by atoms with van der Waals surface area (Å²) in [5.41, 5.74) is 2.36. The van der Waals surface area contributed by atoms with Crippen molar-refractivity contribution in [2.45, 2.75) is 32.6 Å². The highest BCUT2D eigenvalue weighted by Crippen LogP contribution is 2.41. The van der Waals surface area contributed by atoms with Crippen LogP contribution in [0.4, 0.5) is 0 Å². The zero-order valence-corrected chi connectivity index (χ0v) is 8.13. The molecule has 0 aromatic carbocycles. The van der Waals surface area contributed by atoms with Crippen LogP contribution < -0.4 is 5.56 Å². The van der Waals surface area contributed by atoms with Gasteiger partial charge in [-0.05, 0) is 37.2 Å². The van der Waals surface area contributed by atoms with Crippen LogP contribution in [0.25, 0.3) is 0 Å². The molecule has 13 heavy (non-hydrogen) atoms. The van der Waals surface area contributed by atoms with Gasteiger partial charge in [0.15, 0.2) is 0 Å². The zero-order valence-electron chi connectivity index (χ0n) is 8.13. The molecular weight excluding hydrogens is 162 g/mol. The third-order valence-electron chi connectivity index (χ3n) is 2.95. The molecule has 0 spiro atoms.